The van der Waals surface area contributed by atoms with Crippen molar-refractivity contribution in [2.75, 3.05) is 19.1 Å². The van der Waals surface area contributed by atoms with Crippen LogP contribution in [-0.2, 0) is 9.59 Å². The fourth-order valence-corrected chi connectivity index (χ4v) is 3.39. The molecule has 1 saturated heterocycles. The van der Waals surface area contributed by atoms with Crippen molar-refractivity contribution in [3.8, 4) is 11.5 Å². The van der Waals surface area contributed by atoms with Crippen molar-refractivity contribution < 1.29 is 23.9 Å². The van der Waals surface area contributed by atoms with Crippen LogP contribution < -0.4 is 19.7 Å². The van der Waals surface area contributed by atoms with Crippen molar-refractivity contribution in [2.24, 2.45) is 0 Å². The van der Waals surface area contributed by atoms with Gasteiger partial charge < -0.3 is 9.47 Å². The van der Waals surface area contributed by atoms with Crippen molar-refractivity contribution in [2.45, 2.75) is 6.92 Å². The van der Waals surface area contributed by atoms with E-state index in [4.69, 9.17) is 21.1 Å². The van der Waals surface area contributed by atoms with Crippen LogP contribution >= 0.6 is 27.5 Å². The second-order valence-corrected chi connectivity index (χ2v) is 7.39. The van der Waals surface area contributed by atoms with Crippen LogP contribution in [0.15, 0.2) is 40.4 Å². The Morgan fingerprint density at radius 1 is 1.10 bits per heavy atom. The number of nitrogens with one attached hydrogen (secondary N) is 1. The van der Waals surface area contributed by atoms with Gasteiger partial charge in [0.25, 0.3) is 11.8 Å². The van der Waals surface area contributed by atoms with Gasteiger partial charge in [-0.15, -0.1) is 0 Å². The number of methoxy groups -OCH3 is 2. The number of anilines is 1. The second kappa shape index (κ2) is 8.26. The number of carbonyl (C=O) groups is 3. The Morgan fingerprint density at radius 3 is 2.45 bits per heavy atom. The number of barbiturate groups is 1. The summed E-state index contributed by atoms with van der Waals surface area (Å²) in [5, 5.41) is 2.44. The lowest BCUT2D eigenvalue weighted by Gasteiger charge is -2.26. The van der Waals surface area contributed by atoms with Crippen LogP contribution in [0.25, 0.3) is 6.08 Å². The summed E-state index contributed by atoms with van der Waals surface area (Å²) in [7, 11) is 2.89. The number of hydrogen-bond donors (Lipinski definition) is 1. The summed E-state index contributed by atoms with van der Waals surface area (Å²) in [5.41, 5.74) is 1.40. The van der Waals surface area contributed by atoms with E-state index in [0.717, 1.165) is 14.9 Å². The molecule has 1 N–H and O–H groups in total. The number of hydrogen-bond acceptors (Lipinski definition) is 5. The van der Waals surface area contributed by atoms with E-state index in [1.54, 1.807) is 24.3 Å². The topological polar surface area (TPSA) is 84.9 Å². The summed E-state index contributed by atoms with van der Waals surface area (Å²) >= 11 is 9.57. The molecule has 1 aliphatic heterocycles. The van der Waals surface area contributed by atoms with Gasteiger partial charge in [-0.2, -0.15) is 0 Å². The lowest BCUT2D eigenvalue weighted by atomic mass is 10.1. The third-order valence-electron chi connectivity index (χ3n) is 4.27. The molecule has 0 aliphatic carbocycles. The Bertz CT molecular complexity index is 1070. The van der Waals surface area contributed by atoms with Crippen LogP contribution in [0.4, 0.5) is 10.5 Å². The maximum Gasteiger partial charge on any atom is 0.335 e. The zero-order valence-electron chi connectivity index (χ0n) is 15.7. The number of nitrogens with zero attached hydrogens (tertiary/aromatic N) is 1. The highest BCUT2D eigenvalue weighted by Crippen LogP contribution is 2.37. The third-order valence-corrected chi connectivity index (χ3v) is 5.44. The number of halogens is 2. The van der Waals surface area contributed by atoms with E-state index in [2.05, 4.69) is 21.2 Å². The van der Waals surface area contributed by atoms with Gasteiger partial charge in [-0.25, -0.2) is 9.69 Å². The lowest BCUT2D eigenvalue weighted by molar-refractivity contribution is -0.122. The summed E-state index contributed by atoms with van der Waals surface area (Å²) in [5.74, 6) is -0.868. The van der Waals surface area contributed by atoms with Gasteiger partial charge in [0.1, 0.15) is 5.57 Å². The maximum atomic E-state index is 13.0. The predicted molar refractivity (Wildman–Crippen MR) is 112 cm³/mol. The Labute approximate surface area is 180 Å². The fourth-order valence-electron chi connectivity index (χ4n) is 2.85. The highest BCUT2D eigenvalue weighted by atomic mass is 79.9. The first-order valence-corrected chi connectivity index (χ1v) is 9.53. The van der Waals surface area contributed by atoms with Crippen molar-refractivity contribution in [3.05, 3.63) is 56.5 Å². The summed E-state index contributed by atoms with van der Waals surface area (Å²) in [6.07, 6.45) is 1.34. The van der Waals surface area contributed by atoms with Crippen LogP contribution in [0.3, 0.4) is 0 Å². The summed E-state index contributed by atoms with van der Waals surface area (Å²) in [6.45, 7) is 1.83. The minimum absolute atomic E-state index is 0.214. The van der Waals surface area contributed by atoms with E-state index in [1.807, 2.05) is 6.92 Å². The number of imide groups is 2. The Kier molecular flexibility index (Phi) is 5.95. The number of aryl methyl sites for hydroxylation is 1. The van der Waals surface area contributed by atoms with Crippen LogP contribution in [0, 0.1) is 6.92 Å². The van der Waals surface area contributed by atoms with Gasteiger partial charge in [0.05, 0.1) is 24.9 Å². The largest absolute Gasteiger partial charge is 0.493 e. The van der Waals surface area contributed by atoms with Gasteiger partial charge in [-0.3, -0.25) is 14.9 Å². The number of ether oxygens (including phenoxy) is 2. The van der Waals surface area contributed by atoms with Crippen molar-refractivity contribution in [1.29, 1.82) is 0 Å². The monoisotopic (exact) mass is 478 g/mol. The first-order chi connectivity index (χ1) is 13.8. The molecular formula is C20H16BrClN2O5. The molecule has 0 atom stereocenters. The van der Waals surface area contributed by atoms with Crippen molar-refractivity contribution in [3.63, 3.8) is 0 Å². The van der Waals surface area contributed by atoms with E-state index >= 15 is 0 Å². The van der Waals surface area contributed by atoms with Gasteiger partial charge >= 0.3 is 6.03 Å². The van der Waals surface area contributed by atoms with Gasteiger partial charge in [-0.1, -0.05) is 27.5 Å². The van der Waals surface area contributed by atoms with Gasteiger partial charge in [-0.05, 0) is 54.5 Å². The fraction of sp³-hybridized carbons (Fsp3) is 0.150. The van der Waals surface area contributed by atoms with Crippen LogP contribution in [-0.4, -0.2) is 32.1 Å². The molecule has 3 rings (SSSR count). The number of urea groups is 1. The second-order valence-electron chi connectivity index (χ2n) is 6.13. The molecule has 1 aliphatic rings. The quantitative estimate of drug-likeness (QED) is 0.527. The van der Waals surface area contributed by atoms with E-state index < -0.39 is 17.8 Å². The Hall–Kier alpha value is -2.84. The highest BCUT2D eigenvalue weighted by molar-refractivity contribution is 9.10. The molecule has 0 unspecified atom stereocenters. The number of amides is 4. The summed E-state index contributed by atoms with van der Waals surface area (Å²) in [6, 6.07) is 7.28. The molecule has 0 saturated carbocycles. The molecule has 150 valence electrons. The molecule has 1 heterocycles. The van der Waals surface area contributed by atoms with E-state index in [-0.39, 0.29) is 10.6 Å². The molecule has 2 aromatic carbocycles. The number of carbonyl (C=O) groups excluding carboxylic acids is 3. The van der Waals surface area contributed by atoms with Crippen molar-refractivity contribution >= 4 is 57.1 Å². The SMILES string of the molecule is COc1cc(/C=C2\C(=O)NC(=O)N(c3ccc(Br)c(C)c3)C2=O)cc(Cl)c1OC. The minimum Gasteiger partial charge on any atom is -0.493 e. The molecular weight excluding hydrogens is 464 g/mol. The first-order valence-electron chi connectivity index (χ1n) is 8.36. The molecule has 1 fully saturated rings. The van der Waals surface area contributed by atoms with Crippen LogP contribution in [0.5, 0.6) is 11.5 Å². The molecule has 7 nitrogen and oxygen atoms in total. The smallest absolute Gasteiger partial charge is 0.335 e. The normalized spacial score (nSPS) is 15.6. The van der Waals surface area contributed by atoms with E-state index in [9.17, 15) is 14.4 Å². The molecule has 0 radical (unpaired) electrons. The summed E-state index contributed by atoms with van der Waals surface area (Å²) < 4.78 is 11.3. The molecule has 0 spiro atoms. The van der Waals surface area contributed by atoms with Crippen LogP contribution in [0.2, 0.25) is 5.02 Å². The molecule has 4 amide bonds. The molecule has 0 bridgehead atoms. The number of rotatable bonds is 4. The average molecular weight is 480 g/mol. The molecule has 9 heteroatoms. The molecule has 0 aromatic heterocycles. The highest BCUT2D eigenvalue weighted by Gasteiger charge is 2.37. The van der Waals surface area contributed by atoms with E-state index in [1.165, 1.54) is 26.4 Å². The standard InChI is InChI=1S/C20H16BrClN2O5/c1-10-6-12(4-5-14(10)21)24-19(26)13(18(25)23-20(24)27)7-11-8-15(22)17(29-3)16(9-11)28-2/h4-9H,1-3H3,(H,23,25,27)/b13-7+. The van der Waals surface area contributed by atoms with Crippen molar-refractivity contribution in [1.82, 2.24) is 5.32 Å². The Balaban J connectivity index is 2.06. The van der Waals surface area contributed by atoms with Gasteiger partial charge in [0.2, 0.25) is 0 Å². The lowest BCUT2D eigenvalue weighted by Crippen LogP contribution is -2.54. The average Bonchev–Trinajstić information content (AvgIpc) is 2.67. The molecule has 2 aromatic rings. The van der Waals surface area contributed by atoms with Gasteiger partial charge in [0.15, 0.2) is 11.5 Å². The first kappa shape index (κ1) is 20.9. The maximum absolute atomic E-state index is 13.0. The summed E-state index contributed by atoms with van der Waals surface area (Å²) in [4.78, 5) is 38.6. The van der Waals surface area contributed by atoms with Crippen LogP contribution in [0.1, 0.15) is 11.1 Å². The third kappa shape index (κ3) is 3.99. The zero-order chi connectivity index (χ0) is 21.3. The predicted octanol–water partition coefficient (Wildman–Crippen LogP) is 4.09. The molecule has 29 heavy (non-hydrogen) atoms. The number of benzene rings is 2. The Morgan fingerprint density at radius 2 is 1.83 bits per heavy atom. The van der Waals surface area contributed by atoms with Gasteiger partial charge in [0, 0.05) is 4.47 Å². The minimum atomic E-state index is -0.816. The zero-order valence-corrected chi connectivity index (χ0v) is 18.1. The van der Waals surface area contributed by atoms with E-state index in [0.29, 0.717) is 22.7 Å².